The van der Waals surface area contributed by atoms with Gasteiger partial charge in [0.1, 0.15) is 0 Å². The Morgan fingerprint density at radius 3 is 2.40 bits per heavy atom. The summed E-state index contributed by atoms with van der Waals surface area (Å²) in [4.78, 5) is 14.3. The minimum absolute atomic E-state index is 0.00517. The van der Waals surface area contributed by atoms with Crippen molar-refractivity contribution >= 4 is 63.1 Å². The van der Waals surface area contributed by atoms with Crippen LogP contribution in [-0.2, 0) is 0 Å². The average Bonchev–Trinajstić information content (AvgIpc) is 2.37. The zero-order valence-electron chi connectivity index (χ0n) is 9.79. The number of alkyl halides is 3. The molecule has 20 heavy (non-hydrogen) atoms. The zero-order valence-corrected chi connectivity index (χ0v) is 12.9. The fourth-order valence-corrected chi connectivity index (χ4v) is 2.90. The minimum atomic E-state index is -1.52. The summed E-state index contributed by atoms with van der Waals surface area (Å²) in [6.07, 6.45) is 1.68. The van der Waals surface area contributed by atoms with Crippen LogP contribution in [0.25, 0.3) is 5.70 Å². The summed E-state index contributed by atoms with van der Waals surface area (Å²) < 4.78 is -1.52. The molecule has 0 saturated heterocycles. The summed E-state index contributed by atoms with van der Waals surface area (Å²) in [5, 5.41) is 10.4. The van der Waals surface area contributed by atoms with E-state index in [4.69, 9.17) is 40.5 Å². The Hall–Kier alpha value is -0.950. The second-order valence-corrected chi connectivity index (χ2v) is 7.42. The van der Waals surface area contributed by atoms with Crippen LogP contribution in [0.1, 0.15) is 5.56 Å². The lowest BCUT2D eigenvalue weighted by Gasteiger charge is -2.24. The van der Waals surface area contributed by atoms with Gasteiger partial charge in [-0.1, -0.05) is 46.6 Å². The first kappa shape index (κ1) is 15.4. The molecule has 9 heteroatoms. The van der Waals surface area contributed by atoms with Crippen molar-refractivity contribution in [3.63, 3.8) is 0 Å². The fraction of sp³-hybridized carbons (Fsp3) is 0.182. The second-order valence-electron chi connectivity index (χ2n) is 3.89. The van der Waals surface area contributed by atoms with E-state index < -0.39 is 14.0 Å². The Morgan fingerprint density at radius 1 is 1.30 bits per heavy atom. The number of halogens is 3. The first-order valence-corrected chi connectivity index (χ1v) is 7.33. The number of nitrogens with two attached hydrogens (primary N) is 1. The molecule has 0 amide bonds. The molecule has 1 unspecified atom stereocenters. The first-order chi connectivity index (χ1) is 9.27. The predicted molar refractivity (Wildman–Crippen MR) is 84.4 cm³/mol. The summed E-state index contributed by atoms with van der Waals surface area (Å²) in [7, 11) is 0. The monoisotopic (exact) mass is 351 g/mol. The van der Waals surface area contributed by atoms with Crippen LogP contribution >= 0.6 is 46.6 Å². The van der Waals surface area contributed by atoms with Gasteiger partial charge in [0, 0.05) is 17.7 Å². The van der Waals surface area contributed by atoms with Crippen molar-refractivity contribution in [2.75, 3.05) is 0 Å². The molecule has 2 N–H and O–H groups in total. The van der Waals surface area contributed by atoms with Crippen molar-refractivity contribution in [3.8, 4) is 0 Å². The molecule has 0 spiro atoms. The first-order valence-electron chi connectivity index (χ1n) is 5.31. The summed E-state index contributed by atoms with van der Waals surface area (Å²) >= 11 is 18.7. The lowest BCUT2D eigenvalue weighted by Crippen LogP contribution is -2.26. The highest BCUT2D eigenvalue weighted by atomic mass is 35.6. The van der Waals surface area contributed by atoms with E-state index in [0.29, 0.717) is 11.3 Å². The summed E-state index contributed by atoms with van der Waals surface area (Å²) in [6, 6.07) is 5.92. The maximum absolute atomic E-state index is 10.6. The van der Waals surface area contributed by atoms with Gasteiger partial charge in [-0.25, -0.2) is 4.99 Å². The van der Waals surface area contributed by atoms with E-state index in [0.717, 1.165) is 11.8 Å². The third kappa shape index (κ3) is 3.58. The molecule has 0 aromatic heterocycles. The molecule has 0 bridgehead atoms. The van der Waals surface area contributed by atoms with E-state index in [9.17, 15) is 10.1 Å². The number of thioether (sulfide) groups is 1. The van der Waals surface area contributed by atoms with Gasteiger partial charge in [0.25, 0.3) is 5.69 Å². The third-order valence-corrected chi connectivity index (χ3v) is 4.65. The molecule has 0 radical (unpaired) electrons. The normalized spacial score (nSPS) is 19.2. The largest absolute Gasteiger partial charge is 0.378 e. The number of nitro benzene ring substituents is 1. The molecule has 1 aromatic carbocycles. The Kier molecular flexibility index (Phi) is 4.49. The Labute approximate surface area is 133 Å². The van der Waals surface area contributed by atoms with Crippen LogP contribution in [0.5, 0.6) is 0 Å². The van der Waals surface area contributed by atoms with Crippen molar-refractivity contribution in [2.24, 2.45) is 10.7 Å². The molecule has 1 heterocycles. The lowest BCUT2D eigenvalue weighted by atomic mass is 10.1. The number of nitro groups is 1. The topological polar surface area (TPSA) is 81.5 Å². The molecule has 106 valence electrons. The predicted octanol–water partition coefficient (Wildman–Crippen LogP) is 3.74. The Bertz CT molecular complexity index is 596. The van der Waals surface area contributed by atoms with Crippen molar-refractivity contribution in [1.29, 1.82) is 0 Å². The van der Waals surface area contributed by atoms with E-state index >= 15 is 0 Å². The van der Waals surface area contributed by atoms with E-state index in [2.05, 4.69) is 4.99 Å². The van der Waals surface area contributed by atoms with Gasteiger partial charge in [-0.2, -0.15) is 0 Å². The average molecular weight is 353 g/mol. The van der Waals surface area contributed by atoms with Crippen LogP contribution in [0.15, 0.2) is 35.3 Å². The second kappa shape index (κ2) is 5.81. The Morgan fingerprint density at radius 2 is 1.90 bits per heavy atom. The Balaban J connectivity index is 2.35. The van der Waals surface area contributed by atoms with Crippen molar-refractivity contribution in [2.45, 2.75) is 9.04 Å². The zero-order chi connectivity index (χ0) is 14.9. The number of hydrogen-bond donors (Lipinski definition) is 1. The van der Waals surface area contributed by atoms with Gasteiger partial charge in [-0.15, -0.1) is 0 Å². The molecular formula is C11H8Cl3N3O2S. The van der Waals surface area contributed by atoms with Gasteiger partial charge in [0.15, 0.2) is 5.17 Å². The van der Waals surface area contributed by atoms with E-state index in [-0.39, 0.29) is 10.9 Å². The van der Waals surface area contributed by atoms with Gasteiger partial charge in [0.2, 0.25) is 3.79 Å². The minimum Gasteiger partial charge on any atom is -0.378 e. The number of amidine groups is 1. The summed E-state index contributed by atoms with van der Waals surface area (Å²) in [5.74, 6) is 0. The van der Waals surface area contributed by atoms with Crippen LogP contribution in [0.2, 0.25) is 0 Å². The van der Waals surface area contributed by atoms with Crippen LogP contribution < -0.4 is 5.73 Å². The van der Waals surface area contributed by atoms with E-state index in [1.807, 2.05) is 0 Å². The van der Waals surface area contributed by atoms with Crippen molar-refractivity contribution in [3.05, 3.63) is 46.0 Å². The van der Waals surface area contributed by atoms with E-state index in [1.165, 1.54) is 12.1 Å². The lowest BCUT2D eigenvalue weighted by molar-refractivity contribution is -0.384. The van der Waals surface area contributed by atoms with Crippen LogP contribution in [0, 0.1) is 10.1 Å². The van der Waals surface area contributed by atoms with Gasteiger partial charge < -0.3 is 5.73 Å². The highest BCUT2D eigenvalue weighted by molar-refractivity contribution is 8.14. The molecule has 1 aromatic rings. The molecule has 1 aliphatic rings. The fourth-order valence-electron chi connectivity index (χ4n) is 1.57. The summed E-state index contributed by atoms with van der Waals surface area (Å²) in [6.45, 7) is 0. The molecule has 0 aliphatic carbocycles. The maximum atomic E-state index is 10.6. The van der Waals surface area contributed by atoms with Crippen molar-refractivity contribution in [1.82, 2.24) is 0 Å². The van der Waals surface area contributed by atoms with Gasteiger partial charge >= 0.3 is 0 Å². The molecule has 5 nitrogen and oxygen atoms in total. The van der Waals surface area contributed by atoms with Crippen LogP contribution in [0.4, 0.5) is 5.69 Å². The molecular weight excluding hydrogens is 345 g/mol. The number of non-ortho nitro benzene ring substituents is 1. The standard InChI is InChI=1S/C11H8Cl3N3O2S/c12-11(13,14)9-5-8(16-10(15)20-9)6-1-3-7(4-2-6)17(18)19/h1-5,9H,(H2,15,16). The molecule has 0 saturated carbocycles. The highest BCUT2D eigenvalue weighted by Crippen LogP contribution is 2.42. The smallest absolute Gasteiger partial charge is 0.269 e. The highest BCUT2D eigenvalue weighted by Gasteiger charge is 2.34. The maximum Gasteiger partial charge on any atom is 0.269 e. The SMILES string of the molecule is NC1=NC(c2ccc([N+](=O)[O-])cc2)=CC(C(Cl)(Cl)Cl)S1. The molecule has 1 atom stereocenters. The third-order valence-electron chi connectivity index (χ3n) is 2.48. The van der Waals surface area contributed by atoms with Crippen molar-refractivity contribution < 1.29 is 4.92 Å². The van der Waals surface area contributed by atoms with Gasteiger partial charge in [0.05, 0.1) is 15.9 Å². The quantitative estimate of drug-likeness (QED) is 0.499. The summed E-state index contributed by atoms with van der Waals surface area (Å²) in [5.41, 5.74) is 6.90. The molecule has 2 rings (SSSR count). The molecule has 1 aliphatic heterocycles. The molecule has 0 fully saturated rings. The van der Waals surface area contributed by atoms with Gasteiger partial charge in [-0.05, 0) is 18.2 Å². The number of aliphatic imine (C=N–C) groups is 1. The van der Waals surface area contributed by atoms with Crippen LogP contribution in [0.3, 0.4) is 0 Å². The van der Waals surface area contributed by atoms with E-state index in [1.54, 1.807) is 18.2 Å². The number of rotatable bonds is 2. The number of benzene rings is 1. The van der Waals surface area contributed by atoms with Crippen LogP contribution in [-0.4, -0.2) is 19.1 Å². The van der Waals surface area contributed by atoms with Gasteiger partial charge in [-0.3, -0.25) is 10.1 Å². The number of nitrogens with zero attached hydrogens (tertiary/aromatic N) is 2. The number of hydrogen-bond acceptors (Lipinski definition) is 5.